The van der Waals surface area contributed by atoms with Gasteiger partial charge < -0.3 is 15.2 Å². The molecule has 21 heavy (non-hydrogen) atoms. The fourth-order valence-electron chi connectivity index (χ4n) is 1.65. The molecule has 2 aromatic carbocycles. The highest BCUT2D eigenvalue weighted by Gasteiger charge is 2.20. The Morgan fingerprint density at radius 2 is 1.95 bits per heavy atom. The first-order valence-corrected chi connectivity index (χ1v) is 6.49. The maximum Gasteiger partial charge on any atom is 0.341 e. The molecule has 0 radical (unpaired) electrons. The van der Waals surface area contributed by atoms with Gasteiger partial charge in [0.05, 0.1) is 17.2 Å². The maximum atomic E-state index is 13.9. The van der Waals surface area contributed by atoms with E-state index >= 15 is 0 Å². The van der Waals surface area contributed by atoms with Gasteiger partial charge in [-0.25, -0.2) is 9.18 Å². The lowest BCUT2D eigenvalue weighted by Crippen LogP contribution is -2.06. The number of hydrogen-bond acceptors (Lipinski definition) is 4. The number of esters is 1. The number of methoxy groups -OCH3 is 1. The molecular formula is C14H10Cl2FNO3. The number of benzene rings is 2. The topological polar surface area (TPSA) is 61.5 Å². The quantitative estimate of drug-likeness (QED) is 0.673. The third kappa shape index (κ3) is 3.20. The molecule has 4 nitrogen and oxygen atoms in total. The van der Waals surface area contributed by atoms with Gasteiger partial charge in [0, 0.05) is 5.69 Å². The molecule has 2 aromatic rings. The zero-order valence-electron chi connectivity index (χ0n) is 10.8. The largest absolute Gasteiger partial charge is 0.465 e. The molecule has 0 atom stereocenters. The average Bonchev–Trinajstić information content (AvgIpc) is 2.45. The number of carbonyl (C=O) groups is 1. The molecule has 0 saturated carbocycles. The second-order valence-corrected chi connectivity index (χ2v) is 4.84. The van der Waals surface area contributed by atoms with E-state index in [1.165, 1.54) is 37.4 Å². The molecule has 2 rings (SSSR count). The summed E-state index contributed by atoms with van der Waals surface area (Å²) in [6.07, 6.45) is 0. The van der Waals surface area contributed by atoms with Crippen molar-refractivity contribution < 1.29 is 18.7 Å². The normalized spacial score (nSPS) is 10.3. The highest BCUT2D eigenvalue weighted by Crippen LogP contribution is 2.37. The second-order valence-electron chi connectivity index (χ2n) is 4.03. The summed E-state index contributed by atoms with van der Waals surface area (Å²) in [6.45, 7) is 0. The summed E-state index contributed by atoms with van der Waals surface area (Å²) >= 11 is 11.7. The lowest BCUT2D eigenvalue weighted by Gasteiger charge is -2.13. The van der Waals surface area contributed by atoms with E-state index in [0.717, 1.165) is 0 Å². The van der Waals surface area contributed by atoms with Crippen LogP contribution in [0.5, 0.6) is 11.5 Å². The van der Waals surface area contributed by atoms with Crippen LogP contribution < -0.4 is 10.5 Å². The van der Waals surface area contributed by atoms with Gasteiger partial charge in [-0.2, -0.15) is 0 Å². The highest BCUT2D eigenvalue weighted by atomic mass is 35.5. The Balaban J connectivity index is 2.53. The number of nitrogens with two attached hydrogens (primary N) is 1. The van der Waals surface area contributed by atoms with Crippen molar-refractivity contribution >= 4 is 34.9 Å². The number of ether oxygens (including phenoxy) is 2. The molecule has 0 spiro atoms. The minimum absolute atomic E-state index is 0.0122. The van der Waals surface area contributed by atoms with Crippen LogP contribution in [0.2, 0.25) is 10.0 Å². The van der Waals surface area contributed by atoms with Crippen LogP contribution in [0.3, 0.4) is 0 Å². The van der Waals surface area contributed by atoms with Crippen molar-refractivity contribution in [1.29, 1.82) is 0 Å². The van der Waals surface area contributed by atoms with E-state index in [9.17, 15) is 9.18 Å². The minimum Gasteiger partial charge on any atom is -0.465 e. The van der Waals surface area contributed by atoms with Gasteiger partial charge >= 0.3 is 5.97 Å². The Bertz CT molecular complexity index is 707. The molecule has 0 aliphatic carbocycles. The molecule has 0 fully saturated rings. The first-order chi connectivity index (χ1) is 9.93. The van der Waals surface area contributed by atoms with Gasteiger partial charge in [-0.3, -0.25) is 0 Å². The zero-order chi connectivity index (χ0) is 15.6. The molecule has 0 aromatic heterocycles. The third-order valence-corrected chi connectivity index (χ3v) is 3.17. The van der Waals surface area contributed by atoms with Gasteiger partial charge in [-0.1, -0.05) is 29.3 Å². The molecule has 0 unspecified atom stereocenters. The molecule has 0 heterocycles. The van der Waals surface area contributed by atoms with Gasteiger partial charge in [-0.05, 0) is 24.3 Å². The van der Waals surface area contributed by atoms with Gasteiger partial charge in [0.2, 0.25) is 0 Å². The minimum atomic E-state index is -0.761. The summed E-state index contributed by atoms with van der Waals surface area (Å²) in [5, 5.41) is -0.0616. The summed E-state index contributed by atoms with van der Waals surface area (Å²) in [4.78, 5) is 11.7. The van der Waals surface area contributed by atoms with E-state index < -0.39 is 11.8 Å². The fourth-order valence-corrected chi connectivity index (χ4v) is 2.08. The van der Waals surface area contributed by atoms with Crippen molar-refractivity contribution in [3.8, 4) is 11.5 Å². The maximum absolute atomic E-state index is 13.9. The van der Waals surface area contributed by atoms with Crippen LogP contribution in [0.15, 0.2) is 30.3 Å². The number of halogens is 3. The summed E-state index contributed by atoms with van der Waals surface area (Å²) < 4.78 is 23.9. The summed E-state index contributed by atoms with van der Waals surface area (Å²) in [5.41, 5.74) is 5.86. The molecule has 0 aliphatic rings. The van der Waals surface area contributed by atoms with Gasteiger partial charge in [-0.15, -0.1) is 0 Å². The monoisotopic (exact) mass is 329 g/mol. The molecule has 0 saturated heterocycles. The van der Waals surface area contributed by atoms with E-state index in [1.807, 2.05) is 0 Å². The molecule has 0 bridgehead atoms. The predicted octanol–water partition coefficient (Wildman–Crippen LogP) is 4.29. The van der Waals surface area contributed by atoms with Crippen LogP contribution >= 0.6 is 23.2 Å². The van der Waals surface area contributed by atoms with Crippen LogP contribution in [0.1, 0.15) is 10.4 Å². The fraction of sp³-hybridized carbons (Fsp3) is 0.0714. The Hall–Kier alpha value is -1.98. The first kappa shape index (κ1) is 15.4. The van der Waals surface area contributed by atoms with Gasteiger partial charge in [0.15, 0.2) is 17.3 Å². The number of nitrogen functional groups attached to an aromatic ring is 1. The zero-order valence-corrected chi connectivity index (χ0v) is 12.3. The molecular weight excluding hydrogens is 320 g/mol. The Morgan fingerprint density at radius 1 is 1.24 bits per heavy atom. The van der Waals surface area contributed by atoms with Crippen LogP contribution in [-0.4, -0.2) is 13.1 Å². The van der Waals surface area contributed by atoms with Gasteiger partial charge in [0.25, 0.3) is 0 Å². The van der Waals surface area contributed by atoms with E-state index in [-0.39, 0.29) is 32.8 Å². The molecule has 0 amide bonds. The summed E-state index contributed by atoms with van der Waals surface area (Å²) in [6, 6.07) is 6.94. The van der Waals surface area contributed by atoms with E-state index in [0.29, 0.717) is 0 Å². The molecule has 7 heteroatoms. The van der Waals surface area contributed by atoms with E-state index in [1.54, 1.807) is 0 Å². The van der Waals surface area contributed by atoms with E-state index in [2.05, 4.69) is 4.74 Å². The van der Waals surface area contributed by atoms with Crippen LogP contribution in [0, 0.1) is 5.82 Å². The summed E-state index contributed by atoms with van der Waals surface area (Å²) in [7, 11) is 1.20. The SMILES string of the molecule is COC(=O)c1cc(N)cc(Cl)c1Oc1cccc(Cl)c1F. The van der Waals surface area contributed by atoms with Crippen molar-refractivity contribution in [1.82, 2.24) is 0 Å². The third-order valence-electron chi connectivity index (χ3n) is 2.60. The van der Waals surface area contributed by atoms with Crippen molar-refractivity contribution in [3.63, 3.8) is 0 Å². The number of carbonyl (C=O) groups excluding carboxylic acids is 1. The Morgan fingerprint density at radius 3 is 2.62 bits per heavy atom. The van der Waals surface area contributed by atoms with E-state index in [4.69, 9.17) is 33.7 Å². The first-order valence-electron chi connectivity index (χ1n) is 5.73. The summed E-state index contributed by atoms with van der Waals surface area (Å²) in [5.74, 6) is -1.69. The van der Waals surface area contributed by atoms with Gasteiger partial charge in [0.1, 0.15) is 5.56 Å². The number of hydrogen-bond donors (Lipinski definition) is 1. The lowest BCUT2D eigenvalue weighted by atomic mass is 10.1. The molecule has 2 N–H and O–H groups in total. The van der Waals surface area contributed by atoms with Crippen LogP contribution in [-0.2, 0) is 4.74 Å². The average molecular weight is 330 g/mol. The predicted molar refractivity (Wildman–Crippen MR) is 78.7 cm³/mol. The Kier molecular flexibility index (Phi) is 4.55. The van der Waals surface area contributed by atoms with Crippen molar-refractivity contribution in [2.24, 2.45) is 0 Å². The molecule has 110 valence electrons. The van der Waals surface area contributed by atoms with Crippen molar-refractivity contribution in [2.45, 2.75) is 0 Å². The highest BCUT2D eigenvalue weighted by molar-refractivity contribution is 6.33. The lowest BCUT2D eigenvalue weighted by molar-refractivity contribution is 0.0598. The number of rotatable bonds is 3. The van der Waals surface area contributed by atoms with Crippen LogP contribution in [0.4, 0.5) is 10.1 Å². The standard InChI is InChI=1S/C14H10Cl2FNO3/c1-20-14(19)8-5-7(18)6-10(16)13(8)21-11-4-2-3-9(15)12(11)17/h2-6H,18H2,1H3. The smallest absolute Gasteiger partial charge is 0.341 e. The molecule has 0 aliphatic heterocycles. The second kappa shape index (κ2) is 6.20. The number of anilines is 1. The van der Waals surface area contributed by atoms with Crippen molar-refractivity contribution in [2.75, 3.05) is 12.8 Å². The van der Waals surface area contributed by atoms with Crippen molar-refractivity contribution in [3.05, 3.63) is 51.8 Å². The van der Waals surface area contributed by atoms with Crippen LogP contribution in [0.25, 0.3) is 0 Å². The Labute approximate surface area is 130 Å².